The molecule has 0 fully saturated rings. The van der Waals surface area contributed by atoms with Crippen LogP contribution in [-0.2, 0) is 24.3 Å². The SMILES string of the molecule is Cc1ccccc1CN(Cc1cccnc1)C(=O)Cc1nc(-c2cccs2)oc1C. The first-order valence-corrected chi connectivity index (χ1v) is 10.7. The number of hydrogen-bond acceptors (Lipinski definition) is 5. The maximum atomic E-state index is 13.3. The maximum Gasteiger partial charge on any atom is 0.236 e. The molecule has 0 atom stereocenters. The number of rotatable bonds is 7. The Morgan fingerprint density at radius 2 is 1.93 bits per heavy atom. The third-order valence-corrected chi connectivity index (χ3v) is 5.87. The minimum absolute atomic E-state index is 0.0104. The molecule has 4 aromatic rings. The molecule has 0 bridgehead atoms. The van der Waals surface area contributed by atoms with Gasteiger partial charge in [-0.25, -0.2) is 4.98 Å². The van der Waals surface area contributed by atoms with E-state index in [0.717, 1.165) is 16.0 Å². The normalized spacial score (nSPS) is 10.9. The molecular weight excluding hydrogens is 394 g/mol. The second-order valence-corrected chi connectivity index (χ2v) is 8.16. The highest BCUT2D eigenvalue weighted by atomic mass is 32.1. The highest BCUT2D eigenvalue weighted by molar-refractivity contribution is 7.13. The van der Waals surface area contributed by atoms with Crippen molar-refractivity contribution in [3.05, 3.63) is 94.4 Å². The number of oxazole rings is 1. The van der Waals surface area contributed by atoms with Crippen molar-refractivity contribution in [2.45, 2.75) is 33.4 Å². The van der Waals surface area contributed by atoms with Gasteiger partial charge in [-0.1, -0.05) is 36.4 Å². The van der Waals surface area contributed by atoms with Gasteiger partial charge in [0.15, 0.2) is 0 Å². The number of aryl methyl sites for hydroxylation is 2. The van der Waals surface area contributed by atoms with E-state index in [1.54, 1.807) is 23.7 Å². The second kappa shape index (κ2) is 9.05. The van der Waals surface area contributed by atoms with Crippen LogP contribution in [-0.4, -0.2) is 20.8 Å². The molecule has 3 heterocycles. The van der Waals surface area contributed by atoms with E-state index in [4.69, 9.17) is 4.42 Å². The van der Waals surface area contributed by atoms with E-state index in [2.05, 4.69) is 29.0 Å². The molecule has 1 aromatic carbocycles. The van der Waals surface area contributed by atoms with Crippen molar-refractivity contribution in [2.75, 3.05) is 0 Å². The fourth-order valence-electron chi connectivity index (χ4n) is 3.29. The number of nitrogens with zero attached hydrogens (tertiary/aromatic N) is 3. The summed E-state index contributed by atoms with van der Waals surface area (Å²) in [7, 11) is 0. The number of aromatic nitrogens is 2. The average Bonchev–Trinajstić information content (AvgIpc) is 3.40. The Morgan fingerprint density at radius 1 is 1.07 bits per heavy atom. The topological polar surface area (TPSA) is 59.2 Å². The lowest BCUT2D eigenvalue weighted by Gasteiger charge is -2.23. The molecule has 0 N–H and O–H groups in total. The fraction of sp³-hybridized carbons (Fsp3) is 0.208. The maximum absolute atomic E-state index is 13.3. The van der Waals surface area contributed by atoms with E-state index < -0.39 is 0 Å². The number of pyridine rings is 1. The molecule has 152 valence electrons. The summed E-state index contributed by atoms with van der Waals surface area (Å²) in [5.41, 5.74) is 3.98. The van der Waals surface area contributed by atoms with Gasteiger partial charge in [0.1, 0.15) is 5.76 Å². The number of carbonyl (C=O) groups is 1. The molecule has 1 amide bonds. The Morgan fingerprint density at radius 3 is 2.67 bits per heavy atom. The molecule has 0 unspecified atom stereocenters. The largest absolute Gasteiger partial charge is 0.440 e. The van der Waals surface area contributed by atoms with Crippen LogP contribution >= 0.6 is 11.3 Å². The first-order chi connectivity index (χ1) is 14.6. The second-order valence-electron chi connectivity index (χ2n) is 7.21. The smallest absolute Gasteiger partial charge is 0.236 e. The van der Waals surface area contributed by atoms with Crippen LogP contribution in [0.4, 0.5) is 0 Å². The van der Waals surface area contributed by atoms with E-state index in [1.807, 2.05) is 53.6 Å². The lowest BCUT2D eigenvalue weighted by atomic mass is 10.1. The van der Waals surface area contributed by atoms with Gasteiger partial charge in [-0.15, -0.1) is 11.3 Å². The molecule has 0 aliphatic carbocycles. The summed E-state index contributed by atoms with van der Waals surface area (Å²) < 4.78 is 5.81. The fourth-order valence-corrected chi connectivity index (χ4v) is 3.94. The molecule has 4 rings (SSSR count). The minimum atomic E-state index is 0.0104. The Bertz CT molecular complexity index is 1120. The summed E-state index contributed by atoms with van der Waals surface area (Å²) in [6.45, 7) is 4.96. The van der Waals surface area contributed by atoms with Crippen LogP contribution in [0.15, 0.2) is 70.7 Å². The van der Waals surface area contributed by atoms with Crippen LogP contribution in [0.25, 0.3) is 10.8 Å². The third kappa shape index (κ3) is 4.66. The van der Waals surface area contributed by atoms with Crippen LogP contribution in [0, 0.1) is 13.8 Å². The summed E-state index contributed by atoms with van der Waals surface area (Å²) >= 11 is 1.57. The molecule has 0 radical (unpaired) electrons. The van der Waals surface area contributed by atoms with E-state index >= 15 is 0 Å². The molecule has 3 aromatic heterocycles. The number of hydrogen-bond donors (Lipinski definition) is 0. The predicted molar refractivity (Wildman–Crippen MR) is 118 cm³/mol. The molecular formula is C24H23N3O2S. The van der Waals surface area contributed by atoms with Crippen molar-refractivity contribution < 1.29 is 9.21 Å². The van der Waals surface area contributed by atoms with E-state index in [0.29, 0.717) is 30.4 Å². The molecule has 0 aliphatic rings. The molecule has 0 saturated carbocycles. The highest BCUT2D eigenvalue weighted by Crippen LogP contribution is 2.26. The van der Waals surface area contributed by atoms with Crippen LogP contribution < -0.4 is 0 Å². The highest BCUT2D eigenvalue weighted by Gasteiger charge is 2.20. The van der Waals surface area contributed by atoms with Crippen LogP contribution in [0.1, 0.15) is 28.1 Å². The Kier molecular flexibility index (Phi) is 6.05. The minimum Gasteiger partial charge on any atom is -0.440 e. The molecule has 5 nitrogen and oxygen atoms in total. The van der Waals surface area contributed by atoms with Crippen molar-refractivity contribution in [1.82, 2.24) is 14.9 Å². The number of carbonyl (C=O) groups excluding carboxylic acids is 1. The van der Waals surface area contributed by atoms with Crippen molar-refractivity contribution in [3.8, 4) is 10.8 Å². The van der Waals surface area contributed by atoms with Crippen molar-refractivity contribution in [3.63, 3.8) is 0 Å². The van der Waals surface area contributed by atoms with Crippen LogP contribution in [0.2, 0.25) is 0 Å². The van der Waals surface area contributed by atoms with E-state index in [-0.39, 0.29) is 12.3 Å². The lowest BCUT2D eigenvalue weighted by molar-refractivity contribution is -0.131. The molecule has 0 saturated heterocycles. The quantitative estimate of drug-likeness (QED) is 0.415. The summed E-state index contributed by atoms with van der Waals surface area (Å²) in [5.74, 6) is 1.27. The Labute approximate surface area is 180 Å². The monoisotopic (exact) mass is 417 g/mol. The summed E-state index contributed by atoms with van der Waals surface area (Å²) in [5, 5.41) is 1.98. The van der Waals surface area contributed by atoms with Gasteiger partial charge in [-0.05, 0) is 48.1 Å². The van der Waals surface area contributed by atoms with Gasteiger partial charge in [0.25, 0.3) is 0 Å². The summed E-state index contributed by atoms with van der Waals surface area (Å²) in [4.78, 5) is 24.9. The number of thiophene rings is 1. The van der Waals surface area contributed by atoms with Gasteiger partial charge in [0, 0.05) is 25.5 Å². The first-order valence-electron chi connectivity index (χ1n) is 9.81. The van der Waals surface area contributed by atoms with E-state index in [9.17, 15) is 4.79 Å². The predicted octanol–water partition coefficient (Wildman–Crippen LogP) is 5.19. The third-order valence-electron chi connectivity index (χ3n) is 5.01. The van der Waals surface area contributed by atoms with Crippen LogP contribution in [0.3, 0.4) is 0 Å². The Balaban J connectivity index is 1.57. The van der Waals surface area contributed by atoms with Crippen molar-refractivity contribution in [2.24, 2.45) is 0 Å². The van der Waals surface area contributed by atoms with Gasteiger partial charge < -0.3 is 9.32 Å². The van der Waals surface area contributed by atoms with Gasteiger partial charge in [0.2, 0.25) is 11.8 Å². The lowest BCUT2D eigenvalue weighted by Crippen LogP contribution is -2.32. The van der Waals surface area contributed by atoms with Crippen molar-refractivity contribution >= 4 is 17.2 Å². The Hall–Kier alpha value is -3.25. The van der Waals surface area contributed by atoms with Crippen molar-refractivity contribution in [1.29, 1.82) is 0 Å². The zero-order chi connectivity index (χ0) is 20.9. The summed E-state index contributed by atoms with van der Waals surface area (Å²) in [6.07, 6.45) is 3.74. The molecule has 0 aliphatic heterocycles. The average molecular weight is 418 g/mol. The van der Waals surface area contributed by atoms with Crippen LogP contribution in [0.5, 0.6) is 0 Å². The molecule has 0 spiro atoms. The standard InChI is InChI=1S/C24H23N3O2S/c1-17-7-3-4-9-20(17)16-27(15-19-8-5-11-25-14-19)23(28)13-21-18(2)29-24(26-21)22-10-6-12-30-22/h3-12,14H,13,15-16H2,1-2H3. The van der Waals surface area contributed by atoms with Gasteiger partial charge >= 0.3 is 0 Å². The number of amides is 1. The van der Waals surface area contributed by atoms with Gasteiger partial charge in [-0.2, -0.15) is 0 Å². The zero-order valence-corrected chi connectivity index (χ0v) is 17.9. The van der Waals surface area contributed by atoms with Gasteiger partial charge in [-0.3, -0.25) is 9.78 Å². The first kappa shape index (κ1) is 20.0. The van der Waals surface area contributed by atoms with Gasteiger partial charge in [0.05, 0.1) is 17.0 Å². The van der Waals surface area contributed by atoms with E-state index in [1.165, 1.54) is 5.56 Å². The number of benzene rings is 1. The zero-order valence-electron chi connectivity index (χ0n) is 17.0. The summed E-state index contributed by atoms with van der Waals surface area (Å²) in [6, 6.07) is 16.0. The molecule has 30 heavy (non-hydrogen) atoms. The molecule has 6 heteroatoms.